The van der Waals surface area contributed by atoms with Crippen LogP contribution in [0.15, 0.2) is 36.8 Å². The van der Waals surface area contributed by atoms with Crippen molar-refractivity contribution >= 4 is 17.5 Å². The second-order valence-corrected chi connectivity index (χ2v) is 6.18. The van der Waals surface area contributed by atoms with Crippen molar-refractivity contribution in [3.05, 3.63) is 42.5 Å². The lowest BCUT2D eigenvalue weighted by Gasteiger charge is -2.34. The van der Waals surface area contributed by atoms with Gasteiger partial charge < -0.3 is 15.1 Å². The molecule has 7 nitrogen and oxygen atoms in total. The summed E-state index contributed by atoms with van der Waals surface area (Å²) in [5.74, 6) is 0.710. The van der Waals surface area contributed by atoms with Gasteiger partial charge in [-0.25, -0.2) is 9.97 Å². The van der Waals surface area contributed by atoms with Crippen LogP contribution in [-0.4, -0.2) is 58.0 Å². The predicted molar refractivity (Wildman–Crippen MR) is 91.0 cm³/mol. The molecule has 0 unspecified atom stereocenters. The standard InChI is InChI=1S/C17H20N6O/c24-16(15-12-14(4-7-18-15)21-13-2-3-13)22-8-10-23(11-9-22)17-19-5-1-6-20-17/h1,4-7,12-13H,2-3,8-11H2,(H,18,21). The van der Waals surface area contributed by atoms with Crippen LogP contribution < -0.4 is 10.2 Å². The lowest BCUT2D eigenvalue weighted by molar-refractivity contribution is 0.0740. The van der Waals surface area contributed by atoms with Crippen molar-refractivity contribution in [2.45, 2.75) is 18.9 Å². The molecule has 1 saturated carbocycles. The minimum atomic E-state index is -0.0110. The van der Waals surface area contributed by atoms with E-state index >= 15 is 0 Å². The zero-order valence-corrected chi connectivity index (χ0v) is 13.4. The number of hydrogen-bond donors (Lipinski definition) is 1. The molecule has 0 radical (unpaired) electrons. The number of nitrogens with one attached hydrogen (secondary N) is 1. The van der Waals surface area contributed by atoms with Crippen LogP contribution in [0.3, 0.4) is 0 Å². The number of carbonyl (C=O) groups excluding carboxylic acids is 1. The second-order valence-electron chi connectivity index (χ2n) is 6.18. The molecule has 2 aromatic rings. The molecule has 7 heteroatoms. The van der Waals surface area contributed by atoms with Crippen LogP contribution in [0.25, 0.3) is 0 Å². The third-order valence-corrected chi connectivity index (χ3v) is 4.33. The van der Waals surface area contributed by atoms with Gasteiger partial charge in [0.1, 0.15) is 5.69 Å². The van der Waals surface area contributed by atoms with Crippen LogP contribution >= 0.6 is 0 Å². The zero-order valence-electron chi connectivity index (χ0n) is 13.4. The highest BCUT2D eigenvalue weighted by molar-refractivity contribution is 5.93. The number of piperazine rings is 1. The molecule has 2 fully saturated rings. The maximum absolute atomic E-state index is 12.7. The van der Waals surface area contributed by atoms with Crippen LogP contribution in [0.5, 0.6) is 0 Å². The largest absolute Gasteiger partial charge is 0.382 e. The van der Waals surface area contributed by atoms with Gasteiger partial charge in [0.2, 0.25) is 5.95 Å². The summed E-state index contributed by atoms with van der Waals surface area (Å²) in [4.78, 5) is 29.4. The van der Waals surface area contributed by atoms with Gasteiger partial charge in [0, 0.05) is 56.5 Å². The van der Waals surface area contributed by atoms with Crippen molar-refractivity contribution in [3.63, 3.8) is 0 Å². The molecule has 2 aliphatic rings. The summed E-state index contributed by atoms with van der Waals surface area (Å²) >= 11 is 0. The van der Waals surface area contributed by atoms with Crippen LogP contribution in [-0.2, 0) is 0 Å². The number of anilines is 2. The highest BCUT2D eigenvalue weighted by Gasteiger charge is 2.25. The number of hydrogen-bond acceptors (Lipinski definition) is 6. The predicted octanol–water partition coefficient (Wildman–Crippen LogP) is 1.41. The number of amides is 1. The minimum absolute atomic E-state index is 0.0110. The number of nitrogens with zero attached hydrogens (tertiary/aromatic N) is 5. The van der Waals surface area contributed by atoms with Gasteiger partial charge in [-0.3, -0.25) is 9.78 Å². The van der Waals surface area contributed by atoms with Gasteiger partial charge in [-0.2, -0.15) is 0 Å². The lowest BCUT2D eigenvalue weighted by atomic mass is 10.2. The first kappa shape index (κ1) is 14.9. The third kappa shape index (κ3) is 3.29. The van der Waals surface area contributed by atoms with Crippen molar-refractivity contribution in [2.24, 2.45) is 0 Å². The fraction of sp³-hybridized carbons (Fsp3) is 0.412. The quantitative estimate of drug-likeness (QED) is 0.916. The Kier molecular flexibility index (Phi) is 3.98. The van der Waals surface area contributed by atoms with Gasteiger partial charge in [0.05, 0.1) is 0 Å². The van der Waals surface area contributed by atoms with E-state index in [0.717, 1.165) is 24.7 Å². The molecule has 3 heterocycles. The SMILES string of the molecule is O=C(c1cc(NC2CC2)ccn1)N1CCN(c2ncccn2)CC1. The van der Waals surface area contributed by atoms with Crippen LogP contribution in [0.2, 0.25) is 0 Å². The monoisotopic (exact) mass is 324 g/mol. The molecule has 1 N–H and O–H groups in total. The van der Waals surface area contributed by atoms with Gasteiger partial charge in [-0.15, -0.1) is 0 Å². The van der Waals surface area contributed by atoms with E-state index in [1.807, 2.05) is 17.0 Å². The van der Waals surface area contributed by atoms with Crippen molar-refractivity contribution < 1.29 is 4.79 Å². The number of pyridine rings is 1. The Morgan fingerprint density at radius 1 is 1.04 bits per heavy atom. The lowest BCUT2D eigenvalue weighted by Crippen LogP contribution is -2.49. The fourth-order valence-electron chi connectivity index (χ4n) is 2.83. The summed E-state index contributed by atoms with van der Waals surface area (Å²) in [6.07, 6.45) is 7.58. The zero-order chi connectivity index (χ0) is 16.4. The topological polar surface area (TPSA) is 74.2 Å². The maximum Gasteiger partial charge on any atom is 0.272 e. The van der Waals surface area contributed by atoms with Gasteiger partial charge in [-0.1, -0.05) is 0 Å². The summed E-state index contributed by atoms with van der Waals surface area (Å²) < 4.78 is 0. The van der Waals surface area contributed by atoms with E-state index < -0.39 is 0 Å². The normalized spacial score (nSPS) is 17.7. The first-order chi connectivity index (χ1) is 11.8. The molecule has 0 bridgehead atoms. The summed E-state index contributed by atoms with van der Waals surface area (Å²) in [5, 5.41) is 3.41. The highest BCUT2D eigenvalue weighted by atomic mass is 16.2. The molecular weight excluding hydrogens is 304 g/mol. The molecule has 1 amide bonds. The maximum atomic E-state index is 12.7. The van der Waals surface area contributed by atoms with E-state index in [1.54, 1.807) is 24.7 Å². The Balaban J connectivity index is 1.39. The molecule has 1 saturated heterocycles. The molecular formula is C17H20N6O. The van der Waals surface area contributed by atoms with Crippen molar-refractivity contribution in [2.75, 3.05) is 36.4 Å². The van der Waals surface area contributed by atoms with Crippen molar-refractivity contribution in [1.29, 1.82) is 0 Å². The Bertz CT molecular complexity index is 710. The van der Waals surface area contributed by atoms with E-state index in [1.165, 1.54) is 12.8 Å². The average Bonchev–Trinajstić information content (AvgIpc) is 3.46. The average molecular weight is 324 g/mol. The van der Waals surface area contributed by atoms with Gasteiger partial charge in [0.15, 0.2) is 0 Å². The number of carbonyl (C=O) groups is 1. The van der Waals surface area contributed by atoms with Gasteiger partial charge in [-0.05, 0) is 31.0 Å². The number of aromatic nitrogens is 3. The molecule has 0 spiro atoms. The molecule has 24 heavy (non-hydrogen) atoms. The molecule has 0 atom stereocenters. The highest BCUT2D eigenvalue weighted by Crippen LogP contribution is 2.24. The Morgan fingerprint density at radius 3 is 2.50 bits per heavy atom. The summed E-state index contributed by atoms with van der Waals surface area (Å²) in [6, 6.07) is 6.13. The number of rotatable bonds is 4. The molecule has 1 aliphatic heterocycles. The summed E-state index contributed by atoms with van der Waals surface area (Å²) in [7, 11) is 0. The fourth-order valence-corrected chi connectivity index (χ4v) is 2.83. The first-order valence-electron chi connectivity index (χ1n) is 8.33. The molecule has 124 valence electrons. The first-order valence-corrected chi connectivity index (χ1v) is 8.33. The summed E-state index contributed by atoms with van der Waals surface area (Å²) in [5.41, 5.74) is 1.48. The van der Waals surface area contributed by atoms with E-state index in [9.17, 15) is 4.79 Å². The van der Waals surface area contributed by atoms with E-state index in [2.05, 4.69) is 25.2 Å². The van der Waals surface area contributed by atoms with E-state index in [-0.39, 0.29) is 5.91 Å². The Morgan fingerprint density at radius 2 is 1.79 bits per heavy atom. The van der Waals surface area contributed by atoms with Gasteiger partial charge >= 0.3 is 0 Å². The van der Waals surface area contributed by atoms with Crippen LogP contribution in [0.1, 0.15) is 23.3 Å². The van der Waals surface area contributed by atoms with Crippen LogP contribution in [0, 0.1) is 0 Å². The van der Waals surface area contributed by atoms with Crippen molar-refractivity contribution in [3.8, 4) is 0 Å². The van der Waals surface area contributed by atoms with Crippen molar-refractivity contribution in [1.82, 2.24) is 19.9 Å². The van der Waals surface area contributed by atoms with Crippen LogP contribution in [0.4, 0.5) is 11.6 Å². The second kappa shape index (κ2) is 6.43. The van der Waals surface area contributed by atoms with E-state index in [4.69, 9.17) is 0 Å². The van der Waals surface area contributed by atoms with Gasteiger partial charge in [0.25, 0.3) is 5.91 Å². The molecule has 0 aromatic carbocycles. The summed E-state index contributed by atoms with van der Waals surface area (Å²) in [6.45, 7) is 2.77. The molecule has 4 rings (SSSR count). The van der Waals surface area contributed by atoms with E-state index in [0.29, 0.717) is 24.8 Å². The third-order valence-electron chi connectivity index (χ3n) is 4.33. The minimum Gasteiger partial charge on any atom is -0.382 e. The Labute approximate surface area is 140 Å². The Hall–Kier alpha value is -2.70. The smallest absolute Gasteiger partial charge is 0.272 e. The molecule has 2 aromatic heterocycles. The molecule has 1 aliphatic carbocycles.